The zero-order valence-electron chi connectivity index (χ0n) is 10.9. The van der Waals surface area contributed by atoms with Crippen molar-refractivity contribution < 1.29 is 4.79 Å². The van der Waals surface area contributed by atoms with Crippen LogP contribution in [0.1, 0.15) is 59.3 Å². The van der Waals surface area contributed by atoms with Crippen molar-refractivity contribution in [1.29, 1.82) is 0 Å². The van der Waals surface area contributed by atoms with E-state index in [1.165, 1.54) is 6.42 Å². The average Bonchev–Trinajstić information content (AvgIpc) is 2.25. The molecule has 1 rings (SSSR count). The Labute approximate surface area is 99.4 Å². The van der Waals surface area contributed by atoms with Gasteiger partial charge in [-0.2, -0.15) is 0 Å². The summed E-state index contributed by atoms with van der Waals surface area (Å²) in [6.07, 6.45) is 6.45. The molecule has 0 saturated carbocycles. The predicted molar refractivity (Wildman–Crippen MR) is 67.1 cm³/mol. The molecule has 0 spiro atoms. The molecule has 0 radical (unpaired) electrons. The van der Waals surface area contributed by atoms with Gasteiger partial charge >= 0.3 is 0 Å². The van der Waals surface area contributed by atoms with Crippen LogP contribution >= 0.6 is 0 Å². The molecule has 2 N–H and O–H groups in total. The molecule has 1 heterocycles. The molecule has 1 amide bonds. The Hall–Kier alpha value is -0.570. The minimum atomic E-state index is -0.289. The van der Waals surface area contributed by atoms with Crippen molar-refractivity contribution in [2.24, 2.45) is 5.73 Å². The first kappa shape index (κ1) is 13.5. The van der Waals surface area contributed by atoms with E-state index in [1.807, 2.05) is 4.90 Å². The average molecular weight is 226 g/mol. The van der Waals surface area contributed by atoms with Crippen molar-refractivity contribution in [1.82, 2.24) is 4.90 Å². The van der Waals surface area contributed by atoms with Crippen molar-refractivity contribution in [2.75, 3.05) is 0 Å². The maximum atomic E-state index is 12.2. The lowest BCUT2D eigenvalue weighted by Gasteiger charge is -2.40. The molecule has 3 heteroatoms. The number of amides is 1. The molecule has 1 saturated heterocycles. The number of likely N-dealkylation sites (tertiary alicyclic amines) is 1. The number of piperidine rings is 1. The molecule has 0 aromatic rings. The molecule has 3 atom stereocenters. The standard InChI is InChI=1S/C13H26N2O/c1-4-5-9-12(14)13(16)15-10(2)7-6-8-11(15)3/h10-12H,4-9,14H2,1-3H3/t10-,11+,12?. The molecule has 1 fully saturated rings. The van der Waals surface area contributed by atoms with Crippen LogP contribution in [0.5, 0.6) is 0 Å². The van der Waals surface area contributed by atoms with Crippen molar-refractivity contribution in [3.63, 3.8) is 0 Å². The van der Waals surface area contributed by atoms with Crippen molar-refractivity contribution in [3.05, 3.63) is 0 Å². The number of hydrogen-bond acceptors (Lipinski definition) is 2. The summed E-state index contributed by atoms with van der Waals surface area (Å²) in [7, 11) is 0. The van der Waals surface area contributed by atoms with E-state index in [4.69, 9.17) is 5.73 Å². The summed E-state index contributed by atoms with van der Waals surface area (Å²) in [5, 5.41) is 0. The van der Waals surface area contributed by atoms with Gasteiger partial charge in [-0.15, -0.1) is 0 Å². The second kappa shape index (κ2) is 6.24. The van der Waals surface area contributed by atoms with E-state index in [1.54, 1.807) is 0 Å². The summed E-state index contributed by atoms with van der Waals surface area (Å²) in [5.41, 5.74) is 5.97. The Balaban J connectivity index is 2.56. The summed E-state index contributed by atoms with van der Waals surface area (Å²) < 4.78 is 0. The highest BCUT2D eigenvalue weighted by atomic mass is 16.2. The summed E-state index contributed by atoms with van der Waals surface area (Å²) in [6.45, 7) is 6.41. The first-order valence-electron chi connectivity index (χ1n) is 6.65. The lowest BCUT2D eigenvalue weighted by atomic mass is 9.96. The number of carbonyl (C=O) groups excluding carboxylic acids is 1. The molecular formula is C13H26N2O. The summed E-state index contributed by atoms with van der Waals surface area (Å²) in [4.78, 5) is 14.2. The molecule has 0 aromatic heterocycles. The highest BCUT2D eigenvalue weighted by Crippen LogP contribution is 2.23. The van der Waals surface area contributed by atoms with Gasteiger partial charge in [-0.1, -0.05) is 19.8 Å². The van der Waals surface area contributed by atoms with E-state index in [-0.39, 0.29) is 11.9 Å². The number of unbranched alkanes of at least 4 members (excludes halogenated alkanes) is 1. The number of carbonyl (C=O) groups is 1. The van der Waals surface area contributed by atoms with E-state index < -0.39 is 0 Å². The highest BCUT2D eigenvalue weighted by molar-refractivity contribution is 5.82. The fourth-order valence-corrected chi connectivity index (χ4v) is 2.59. The van der Waals surface area contributed by atoms with Crippen LogP contribution in [0.2, 0.25) is 0 Å². The third-order valence-corrected chi connectivity index (χ3v) is 3.63. The number of nitrogens with two attached hydrogens (primary N) is 1. The maximum absolute atomic E-state index is 12.2. The van der Waals surface area contributed by atoms with Crippen LogP contribution in [0.3, 0.4) is 0 Å². The van der Waals surface area contributed by atoms with Crippen LogP contribution < -0.4 is 5.73 Å². The largest absolute Gasteiger partial charge is 0.336 e. The van der Waals surface area contributed by atoms with Crippen molar-refractivity contribution >= 4 is 5.91 Å². The van der Waals surface area contributed by atoms with E-state index in [9.17, 15) is 4.79 Å². The van der Waals surface area contributed by atoms with Gasteiger partial charge in [0.2, 0.25) is 5.91 Å². The zero-order valence-corrected chi connectivity index (χ0v) is 10.9. The van der Waals surface area contributed by atoms with Gasteiger partial charge in [-0.25, -0.2) is 0 Å². The Morgan fingerprint density at radius 3 is 2.44 bits per heavy atom. The van der Waals surface area contributed by atoms with Crippen LogP contribution in [0.15, 0.2) is 0 Å². The maximum Gasteiger partial charge on any atom is 0.239 e. The van der Waals surface area contributed by atoms with Gasteiger partial charge in [0.25, 0.3) is 0 Å². The molecule has 1 aliphatic heterocycles. The van der Waals surface area contributed by atoms with Crippen LogP contribution in [-0.2, 0) is 4.79 Å². The number of rotatable bonds is 4. The van der Waals surface area contributed by atoms with Gasteiger partial charge in [0.15, 0.2) is 0 Å². The third-order valence-electron chi connectivity index (χ3n) is 3.63. The van der Waals surface area contributed by atoms with Gasteiger partial charge in [0.1, 0.15) is 0 Å². The SMILES string of the molecule is CCCCC(N)C(=O)N1[C@H](C)CCC[C@@H]1C. The van der Waals surface area contributed by atoms with Crippen molar-refractivity contribution in [3.8, 4) is 0 Å². The molecule has 16 heavy (non-hydrogen) atoms. The summed E-state index contributed by atoms with van der Waals surface area (Å²) in [6, 6.07) is 0.441. The molecule has 0 aliphatic carbocycles. The summed E-state index contributed by atoms with van der Waals surface area (Å²) in [5.74, 6) is 0.160. The second-order valence-corrected chi connectivity index (χ2v) is 5.12. The Morgan fingerprint density at radius 2 is 1.94 bits per heavy atom. The van der Waals surface area contributed by atoms with Gasteiger partial charge in [-0.3, -0.25) is 4.79 Å². The minimum absolute atomic E-state index is 0.160. The van der Waals surface area contributed by atoms with Gasteiger partial charge in [0.05, 0.1) is 6.04 Å². The first-order chi connectivity index (χ1) is 7.57. The Morgan fingerprint density at radius 1 is 1.38 bits per heavy atom. The first-order valence-corrected chi connectivity index (χ1v) is 6.65. The lowest BCUT2D eigenvalue weighted by Crippen LogP contribution is -2.53. The normalized spacial score (nSPS) is 27.9. The molecule has 3 nitrogen and oxygen atoms in total. The van der Waals surface area contributed by atoms with Gasteiger partial charge < -0.3 is 10.6 Å². The highest BCUT2D eigenvalue weighted by Gasteiger charge is 2.31. The van der Waals surface area contributed by atoms with Gasteiger partial charge in [-0.05, 0) is 39.5 Å². The molecular weight excluding hydrogens is 200 g/mol. The molecule has 1 unspecified atom stereocenters. The lowest BCUT2D eigenvalue weighted by molar-refractivity contribution is -0.138. The number of nitrogens with zero attached hydrogens (tertiary/aromatic N) is 1. The Kier molecular flexibility index (Phi) is 5.26. The van der Waals surface area contributed by atoms with Crippen LogP contribution in [0, 0.1) is 0 Å². The van der Waals surface area contributed by atoms with Gasteiger partial charge in [0, 0.05) is 12.1 Å². The summed E-state index contributed by atoms with van der Waals surface area (Å²) >= 11 is 0. The fraction of sp³-hybridized carbons (Fsp3) is 0.923. The van der Waals surface area contributed by atoms with Crippen LogP contribution in [0.4, 0.5) is 0 Å². The van der Waals surface area contributed by atoms with Crippen molar-refractivity contribution in [2.45, 2.75) is 77.4 Å². The van der Waals surface area contributed by atoms with Crippen LogP contribution in [0.25, 0.3) is 0 Å². The smallest absolute Gasteiger partial charge is 0.239 e. The Bertz CT molecular complexity index is 220. The molecule has 94 valence electrons. The molecule has 0 aromatic carbocycles. The minimum Gasteiger partial charge on any atom is -0.336 e. The van der Waals surface area contributed by atoms with E-state index >= 15 is 0 Å². The zero-order chi connectivity index (χ0) is 12.1. The molecule has 1 aliphatic rings. The third kappa shape index (κ3) is 3.21. The monoisotopic (exact) mass is 226 g/mol. The predicted octanol–water partition coefficient (Wildman–Crippen LogP) is 2.29. The quantitative estimate of drug-likeness (QED) is 0.799. The van der Waals surface area contributed by atoms with E-state index in [0.717, 1.165) is 32.1 Å². The van der Waals surface area contributed by atoms with Crippen LogP contribution in [-0.4, -0.2) is 28.9 Å². The second-order valence-electron chi connectivity index (χ2n) is 5.12. The molecule has 0 bridgehead atoms. The number of hydrogen-bond donors (Lipinski definition) is 1. The topological polar surface area (TPSA) is 46.3 Å². The fourth-order valence-electron chi connectivity index (χ4n) is 2.59. The van der Waals surface area contributed by atoms with E-state index in [2.05, 4.69) is 20.8 Å². The van der Waals surface area contributed by atoms with E-state index in [0.29, 0.717) is 12.1 Å².